The largest absolute Gasteiger partial charge is 0.481 e. The zero-order chi connectivity index (χ0) is 54.9. The van der Waals surface area contributed by atoms with Crippen LogP contribution in [0.4, 0.5) is 11.4 Å². The summed E-state index contributed by atoms with van der Waals surface area (Å²) in [6.07, 6.45) is 8.89. The van der Waals surface area contributed by atoms with Crippen molar-refractivity contribution in [3.63, 3.8) is 0 Å². The third kappa shape index (κ3) is 25.2. The number of amides is 9. The van der Waals surface area contributed by atoms with Crippen LogP contribution in [0, 0.1) is 24.0 Å². The molecule has 2 aliphatic rings. The zero-order valence-electron chi connectivity index (χ0n) is 44.1. The number of rotatable bonds is 25. The van der Waals surface area contributed by atoms with Gasteiger partial charge < -0.3 is 67.0 Å². The summed E-state index contributed by atoms with van der Waals surface area (Å²) in [7, 11) is 0. The summed E-state index contributed by atoms with van der Waals surface area (Å²) in [5, 5.41) is 39.8. The molecule has 2 aromatic carbocycles. The number of carbonyl (C=O) groups is 10. The number of aliphatic hydroxyl groups is 2. The van der Waals surface area contributed by atoms with Gasteiger partial charge >= 0.3 is 5.97 Å². The molecule has 75 heavy (non-hydrogen) atoms. The van der Waals surface area contributed by atoms with Crippen LogP contribution < -0.4 is 32.3 Å². The van der Waals surface area contributed by atoms with Gasteiger partial charge in [-0.1, -0.05) is 78.6 Å². The van der Waals surface area contributed by atoms with Gasteiger partial charge in [-0.15, -0.1) is 0 Å². The maximum atomic E-state index is 12.8. The SMILES string of the molecule is CC(C)[C@H](N)C(=O)N[C@@H](C)C(=O)Nc1ccc(CO)cc1.CC1=[C-]C(=O)N(CCCCCC(=O)N[C@H](C(=O)N[C@@H](C)C(=O)Nc2ccc(CO)cc2)C(C)C)C1=O.CC1=[C-]C(=O)N(CCCCCC(=O)O)C1=O.[Y].[Y]. The topological polar surface area (TPSA) is 324 Å². The molecule has 0 saturated carbocycles. The van der Waals surface area contributed by atoms with E-state index in [1.165, 1.54) is 0 Å². The van der Waals surface area contributed by atoms with Gasteiger partial charge in [-0.05, 0) is 86.8 Å². The molecular formula is C52H72N8O13Y2-2. The monoisotopic (exact) mass is 1190 g/mol. The first-order chi connectivity index (χ1) is 34.4. The van der Waals surface area contributed by atoms with Gasteiger partial charge in [0.1, 0.15) is 29.9 Å². The Balaban J connectivity index is 0.00000119. The molecule has 0 saturated heterocycles. The second kappa shape index (κ2) is 36.2. The van der Waals surface area contributed by atoms with E-state index < -0.39 is 47.9 Å². The van der Waals surface area contributed by atoms with Crippen LogP contribution in [0.15, 0.2) is 59.7 Å². The average molecular weight is 1200 g/mol. The summed E-state index contributed by atoms with van der Waals surface area (Å²) in [5.41, 5.74) is 8.99. The number of carbonyl (C=O) groups excluding carboxylic acids is 9. The predicted molar refractivity (Wildman–Crippen MR) is 270 cm³/mol. The van der Waals surface area contributed by atoms with Crippen molar-refractivity contribution in [2.75, 3.05) is 23.7 Å². The number of nitrogens with two attached hydrogens (primary N) is 1. The van der Waals surface area contributed by atoms with Crippen molar-refractivity contribution in [2.24, 2.45) is 17.6 Å². The number of imide groups is 2. The molecule has 0 unspecified atom stereocenters. The van der Waals surface area contributed by atoms with E-state index in [9.17, 15) is 47.9 Å². The smallest absolute Gasteiger partial charge is 0.303 e. The Bertz CT molecular complexity index is 2330. The minimum Gasteiger partial charge on any atom is -0.481 e. The fourth-order valence-corrected chi connectivity index (χ4v) is 6.73. The maximum absolute atomic E-state index is 12.8. The van der Waals surface area contributed by atoms with E-state index >= 15 is 0 Å². The normalized spacial score (nSPS) is 14.3. The fourth-order valence-electron chi connectivity index (χ4n) is 6.73. The van der Waals surface area contributed by atoms with Crippen molar-refractivity contribution >= 4 is 70.5 Å². The van der Waals surface area contributed by atoms with Crippen molar-refractivity contribution in [3.05, 3.63) is 83.0 Å². The number of hydrogen-bond donors (Lipinski definition) is 9. The standard InChI is InChI=1S/C26H35N4O6.C15H23N3O3.C11H14NO4.2Y/c1-16(2)23(25(35)27-18(4)24(34)28-20-11-9-19(15-31)10-12-20)29-21(32)8-6-5-7-13-30-22(33)14-17(3)26(30)36;1-9(2)13(16)15(21)17-10(3)14(20)18-12-6-4-11(8-19)5-7-12;1-8-7-9(13)12(11(8)16)6-4-2-3-5-10(14)15;;/h9-12,16,18,23,31H,5-8,13,15H2,1-4H3,(H,27,35)(H,28,34)(H,29,32);4-7,9-10,13,19H,8,16H2,1-3H3,(H,17,21)(H,18,20);2-6H2,1H3,(H,14,15);;/q-1;;-1;;/t18-,23-;10-,13-;;;/m00.../s1. The second-order valence-corrected chi connectivity index (χ2v) is 18.2. The molecular weight excluding hydrogens is 1120 g/mol. The molecule has 4 atom stereocenters. The van der Waals surface area contributed by atoms with Gasteiger partial charge in [0.25, 0.3) is 0 Å². The van der Waals surface area contributed by atoms with Gasteiger partial charge in [-0.25, -0.2) is 0 Å². The van der Waals surface area contributed by atoms with Crippen LogP contribution in [0.2, 0.25) is 0 Å². The first kappa shape index (κ1) is 70.1. The number of carboxylic acids is 1. The van der Waals surface area contributed by atoms with E-state index in [-0.39, 0.29) is 145 Å². The summed E-state index contributed by atoms with van der Waals surface area (Å²) >= 11 is 0. The van der Waals surface area contributed by atoms with Gasteiger partial charge in [0.2, 0.25) is 29.5 Å². The van der Waals surface area contributed by atoms with Crippen LogP contribution >= 0.6 is 0 Å². The summed E-state index contributed by atoms with van der Waals surface area (Å²) in [6, 6.07) is 10.6. The Labute approximate surface area is 489 Å². The molecule has 2 aliphatic heterocycles. The molecule has 2 heterocycles. The first-order valence-corrected chi connectivity index (χ1v) is 24.2. The Morgan fingerprint density at radius 3 is 1.27 bits per heavy atom. The van der Waals surface area contributed by atoms with E-state index in [2.05, 4.69) is 38.7 Å². The molecule has 0 aliphatic carbocycles. The third-order valence-corrected chi connectivity index (χ3v) is 11.4. The molecule has 2 aromatic rings. The maximum Gasteiger partial charge on any atom is 0.303 e. The number of nitrogens with zero attached hydrogens (tertiary/aromatic N) is 2. The van der Waals surface area contributed by atoms with Crippen molar-refractivity contribution in [3.8, 4) is 0 Å². The van der Waals surface area contributed by atoms with Crippen molar-refractivity contribution < 1.29 is 129 Å². The number of hydrogen-bond acceptors (Lipinski definition) is 13. The quantitative estimate of drug-likeness (QED) is 0.0393. The van der Waals surface area contributed by atoms with E-state index in [4.69, 9.17) is 21.1 Å². The molecule has 0 fully saturated rings. The molecule has 23 heteroatoms. The number of unbranched alkanes of at least 4 members (excludes halogenated alkanes) is 4. The second-order valence-electron chi connectivity index (χ2n) is 18.2. The minimum absolute atomic E-state index is 0. The molecule has 9 amide bonds. The Hall–Kier alpha value is -4.89. The van der Waals surface area contributed by atoms with Crippen LogP contribution in [0.1, 0.15) is 118 Å². The fraction of sp³-hybridized carbons (Fsp3) is 0.500. The molecule has 10 N–H and O–H groups in total. The Morgan fingerprint density at radius 2 is 0.933 bits per heavy atom. The van der Waals surface area contributed by atoms with Crippen LogP contribution in [0.25, 0.3) is 0 Å². The van der Waals surface area contributed by atoms with E-state index in [0.717, 1.165) is 15.4 Å². The summed E-state index contributed by atoms with van der Waals surface area (Å²) in [6.45, 7) is 14.0. The number of carboxylic acid groups (broad SMARTS) is 1. The first-order valence-electron chi connectivity index (χ1n) is 24.2. The Morgan fingerprint density at radius 1 is 0.547 bits per heavy atom. The van der Waals surface area contributed by atoms with E-state index in [1.54, 1.807) is 90.1 Å². The molecule has 21 nitrogen and oxygen atoms in total. The summed E-state index contributed by atoms with van der Waals surface area (Å²) < 4.78 is 0. The number of aliphatic carboxylic acids is 1. The van der Waals surface area contributed by atoms with Gasteiger partial charge in [0.15, 0.2) is 0 Å². The number of nitrogens with one attached hydrogen (secondary N) is 5. The van der Waals surface area contributed by atoms with Crippen LogP contribution in [-0.2, 0) is 127 Å². The molecule has 0 bridgehead atoms. The molecule has 0 aromatic heterocycles. The van der Waals surface area contributed by atoms with Crippen molar-refractivity contribution in [1.82, 2.24) is 25.8 Å². The molecule has 406 valence electrons. The summed E-state index contributed by atoms with van der Waals surface area (Å²) in [4.78, 5) is 120. The number of anilines is 2. The van der Waals surface area contributed by atoms with Crippen LogP contribution in [0.5, 0.6) is 0 Å². The number of aliphatic hydroxyl groups excluding tert-OH is 2. The zero-order valence-corrected chi connectivity index (χ0v) is 49.8. The van der Waals surface area contributed by atoms with Crippen LogP contribution in [0.3, 0.4) is 0 Å². The summed E-state index contributed by atoms with van der Waals surface area (Å²) in [5.74, 6) is -4.27. The van der Waals surface area contributed by atoms with E-state index in [0.29, 0.717) is 73.2 Å². The Kier molecular flexibility index (Phi) is 33.8. The predicted octanol–water partition coefficient (Wildman–Crippen LogP) is 2.79. The van der Waals surface area contributed by atoms with Crippen molar-refractivity contribution in [2.45, 2.75) is 144 Å². The minimum atomic E-state index is -0.834. The third-order valence-electron chi connectivity index (χ3n) is 11.4. The van der Waals surface area contributed by atoms with E-state index in [1.807, 2.05) is 13.8 Å². The molecule has 0 spiro atoms. The van der Waals surface area contributed by atoms with Crippen LogP contribution in [-0.4, -0.2) is 122 Å². The molecule has 4 rings (SSSR count). The van der Waals surface area contributed by atoms with Gasteiger partial charge in [0, 0.05) is 103 Å². The van der Waals surface area contributed by atoms with Gasteiger partial charge in [-0.2, -0.15) is 23.3 Å². The molecule has 2 radical (unpaired) electrons. The van der Waals surface area contributed by atoms with Gasteiger partial charge in [-0.3, -0.25) is 38.4 Å². The average Bonchev–Trinajstić information content (AvgIpc) is 3.74. The van der Waals surface area contributed by atoms with Crippen molar-refractivity contribution in [1.29, 1.82) is 0 Å². The van der Waals surface area contributed by atoms with Gasteiger partial charge in [0.05, 0.1) is 31.1 Å². The number of benzene rings is 2.